The zero-order chi connectivity index (χ0) is 31.1. The van der Waals surface area contributed by atoms with Gasteiger partial charge in [-0.15, -0.1) is 0 Å². The summed E-state index contributed by atoms with van der Waals surface area (Å²) >= 11 is 5.20. The maximum atomic E-state index is 11.9. The summed E-state index contributed by atoms with van der Waals surface area (Å²) in [6.45, 7) is 31.3. The first-order chi connectivity index (χ1) is 17.9. The minimum Gasteiger partial charge on any atom is -0.378 e. The summed E-state index contributed by atoms with van der Waals surface area (Å²) in [5.41, 5.74) is 4.04. The molecular formula is C32H61N3O3S. The van der Waals surface area contributed by atoms with Gasteiger partial charge >= 0.3 is 0 Å². The molecule has 1 aromatic rings. The van der Waals surface area contributed by atoms with Crippen molar-refractivity contribution in [2.45, 2.75) is 94.9 Å². The van der Waals surface area contributed by atoms with Crippen LogP contribution < -0.4 is 10.3 Å². The Labute approximate surface area is 246 Å². The number of allylic oxidation sites excluding steroid dienone is 2. The highest BCUT2D eigenvalue weighted by atomic mass is 32.1. The number of ether oxygens (including phenoxy) is 1. The van der Waals surface area contributed by atoms with Crippen molar-refractivity contribution >= 4 is 23.7 Å². The lowest BCUT2D eigenvalue weighted by molar-refractivity contribution is -0.117. The number of carbonyl (C=O) groups excluding carboxylic acids is 1. The minimum absolute atomic E-state index is 0.0323. The van der Waals surface area contributed by atoms with Gasteiger partial charge in [-0.05, 0) is 51.5 Å². The van der Waals surface area contributed by atoms with E-state index in [-0.39, 0.29) is 16.3 Å². The molecule has 0 unspecified atom stereocenters. The first kappa shape index (κ1) is 39.7. The molecular weight excluding hydrogens is 506 g/mol. The Balaban J connectivity index is 0. The van der Waals surface area contributed by atoms with Crippen LogP contribution >= 0.6 is 12.2 Å². The van der Waals surface area contributed by atoms with Crippen molar-refractivity contribution in [1.29, 1.82) is 0 Å². The number of hydrogen-bond acceptors (Lipinski definition) is 7. The summed E-state index contributed by atoms with van der Waals surface area (Å²) in [5, 5.41) is 0. The molecule has 0 radical (unpaired) electrons. The van der Waals surface area contributed by atoms with Crippen LogP contribution in [0.15, 0.2) is 15.9 Å². The second kappa shape index (κ2) is 18.8. The zero-order valence-corrected chi connectivity index (χ0v) is 28.9. The van der Waals surface area contributed by atoms with Crippen molar-refractivity contribution in [2.75, 3.05) is 72.0 Å². The van der Waals surface area contributed by atoms with Gasteiger partial charge in [-0.1, -0.05) is 94.0 Å². The first-order valence-electron chi connectivity index (χ1n) is 14.7. The second-order valence-corrected chi connectivity index (χ2v) is 12.5. The average molecular weight is 568 g/mol. The standard InChI is InChI=1S/C16H28N2O2S.C9H14O.C5H13N.C2H6/c1-7-17(5)8-10-20-11-9-18(6)13-12(16(2,3)4)14(19)15(13)21;1-6-5-7(10)8(6)9(2,3)4;1-4-6(3)5-2;1-2/h7-11H2,1-6H3;5H2,1-4H3;4-5H2,1-3H3;1-2H3. The van der Waals surface area contributed by atoms with Crippen LogP contribution in [0.3, 0.4) is 0 Å². The molecule has 0 aromatic heterocycles. The number of anilines is 1. The molecule has 39 heavy (non-hydrogen) atoms. The third kappa shape index (κ3) is 13.7. The van der Waals surface area contributed by atoms with Gasteiger partial charge in [0.25, 0.3) is 0 Å². The molecule has 1 aliphatic carbocycles. The molecule has 0 heterocycles. The molecule has 6 nitrogen and oxygen atoms in total. The molecule has 0 saturated heterocycles. The number of hydrogen-bond donors (Lipinski definition) is 0. The van der Waals surface area contributed by atoms with Crippen LogP contribution in [0.1, 0.15) is 95.1 Å². The maximum Gasteiger partial charge on any atom is 0.204 e. The van der Waals surface area contributed by atoms with E-state index in [0.29, 0.717) is 23.3 Å². The van der Waals surface area contributed by atoms with Gasteiger partial charge < -0.3 is 19.4 Å². The highest BCUT2D eigenvalue weighted by molar-refractivity contribution is 7.71. The molecule has 0 saturated carbocycles. The quantitative estimate of drug-likeness (QED) is 0.231. The molecule has 2 rings (SSSR count). The van der Waals surface area contributed by atoms with Gasteiger partial charge in [0.2, 0.25) is 5.43 Å². The van der Waals surface area contributed by atoms with Gasteiger partial charge in [0.1, 0.15) is 4.51 Å². The monoisotopic (exact) mass is 567 g/mol. The Bertz CT molecular complexity index is 943. The molecule has 0 spiro atoms. The third-order valence-electron chi connectivity index (χ3n) is 6.71. The van der Waals surface area contributed by atoms with Crippen LogP contribution in [0, 0.1) is 9.93 Å². The lowest BCUT2D eigenvalue weighted by atomic mass is 9.73. The molecule has 0 N–H and O–H groups in total. The summed E-state index contributed by atoms with van der Waals surface area (Å²) in [5.74, 6) is 0.338. The van der Waals surface area contributed by atoms with Crippen LogP contribution in [0.2, 0.25) is 0 Å². The number of rotatable bonds is 10. The smallest absolute Gasteiger partial charge is 0.204 e. The Morgan fingerprint density at radius 3 is 1.56 bits per heavy atom. The van der Waals surface area contributed by atoms with Crippen molar-refractivity contribution in [3.05, 3.63) is 31.4 Å². The van der Waals surface area contributed by atoms with Gasteiger partial charge in [-0.2, -0.15) is 0 Å². The molecule has 0 fully saturated rings. The molecule has 0 amide bonds. The van der Waals surface area contributed by atoms with E-state index < -0.39 is 0 Å². The Hall–Kier alpha value is -1.41. The van der Waals surface area contributed by atoms with Crippen molar-refractivity contribution < 1.29 is 9.53 Å². The summed E-state index contributed by atoms with van der Waals surface area (Å²) in [6.07, 6.45) is 0.687. The summed E-state index contributed by atoms with van der Waals surface area (Å²) in [6, 6.07) is 0. The highest BCUT2D eigenvalue weighted by Crippen LogP contribution is 2.37. The number of carbonyl (C=O) groups is 1. The van der Waals surface area contributed by atoms with Crippen LogP contribution in [-0.4, -0.2) is 82.7 Å². The Morgan fingerprint density at radius 1 is 0.795 bits per heavy atom. The number of Topliss-reactive ketones (excluding diaryl/α,β-unsaturated/α-hetero) is 1. The van der Waals surface area contributed by atoms with Crippen LogP contribution in [0.5, 0.6) is 0 Å². The van der Waals surface area contributed by atoms with E-state index in [1.807, 2.05) is 53.5 Å². The topological polar surface area (TPSA) is 53.1 Å². The van der Waals surface area contributed by atoms with Gasteiger partial charge in [0.15, 0.2) is 5.78 Å². The summed E-state index contributed by atoms with van der Waals surface area (Å²) in [4.78, 5) is 29.5. The molecule has 228 valence electrons. The largest absolute Gasteiger partial charge is 0.378 e. The fourth-order valence-corrected chi connectivity index (χ4v) is 4.42. The van der Waals surface area contributed by atoms with E-state index in [1.54, 1.807) is 0 Å². The van der Waals surface area contributed by atoms with Crippen molar-refractivity contribution in [3.8, 4) is 0 Å². The van der Waals surface area contributed by atoms with E-state index >= 15 is 0 Å². The van der Waals surface area contributed by atoms with Crippen LogP contribution in [-0.2, 0) is 14.9 Å². The molecule has 1 aromatic carbocycles. The lowest BCUT2D eigenvalue weighted by Gasteiger charge is -2.30. The molecule has 0 atom stereocenters. The van der Waals surface area contributed by atoms with Gasteiger partial charge in [0.05, 0.1) is 18.9 Å². The fourth-order valence-electron chi connectivity index (χ4n) is 4.06. The molecule has 0 aliphatic heterocycles. The number of likely N-dealkylation sites (N-methyl/N-ethyl adjacent to an activating group) is 2. The molecule has 7 heteroatoms. The van der Waals surface area contributed by atoms with Crippen LogP contribution in [0.4, 0.5) is 5.69 Å². The SMILES string of the molecule is CC.CC1=C(C(C)(C)C)C(=O)C1.CCN(C)CC.CCN(C)CCOCCN(C)c1c(C(C)(C)C)c(=O)c1=S. The van der Waals surface area contributed by atoms with E-state index in [9.17, 15) is 9.59 Å². The van der Waals surface area contributed by atoms with E-state index in [4.69, 9.17) is 17.0 Å². The van der Waals surface area contributed by atoms with Gasteiger partial charge in [-0.25, -0.2) is 0 Å². The van der Waals surface area contributed by atoms with E-state index in [1.165, 1.54) is 5.57 Å². The Morgan fingerprint density at radius 2 is 1.26 bits per heavy atom. The maximum absolute atomic E-state index is 11.9. The number of ketones is 1. The predicted molar refractivity (Wildman–Crippen MR) is 174 cm³/mol. The van der Waals surface area contributed by atoms with Gasteiger partial charge in [0, 0.05) is 37.7 Å². The summed E-state index contributed by atoms with van der Waals surface area (Å²) in [7, 11) is 6.16. The fraction of sp³-hybridized carbons (Fsp3) is 0.781. The van der Waals surface area contributed by atoms with E-state index in [2.05, 4.69) is 65.4 Å². The molecule has 0 bridgehead atoms. The van der Waals surface area contributed by atoms with E-state index in [0.717, 1.165) is 56.2 Å². The minimum atomic E-state index is -0.159. The number of nitrogens with zero attached hydrogens (tertiary/aromatic N) is 3. The third-order valence-corrected chi connectivity index (χ3v) is 7.08. The van der Waals surface area contributed by atoms with Crippen molar-refractivity contribution in [3.63, 3.8) is 0 Å². The average Bonchev–Trinajstić information content (AvgIpc) is 2.85. The van der Waals surface area contributed by atoms with Crippen molar-refractivity contribution in [1.82, 2.24) is 9.80 Å². The molecule has 1 aliphatic rings. The zero-order valence-electron chi connectivity index (χ0n) is 28.1. The highest BCUT2D eigenvalue weighted by Gasteiger charge is 2.32. The second-order valence-electron chi connectivity index (χ2n) is 12.1. The van der Waals surface area contributed by atoms with Crippen LogP contribution in [0.25, 0.3) is 0 Å². The normalized spacial score (nSPS) is 13.3. The van der Waals surface area contributed by atoms with Gasteiger partial charge in [-0.3, -0.25) is 9.59 Å². The summed E-state index contributed by atoms with van der Waals surface area (Å²) < 4.78 is 6.11. The lowest BCUT2D eigenvalue weighted by Crippen LogP contribution is -2.36. The Kier molecular flexibility index (Phi) is 19.2. The van der Waals surface area contributed by atoms with Crippen molar-refractivity contribution in [2.24, 2.45) is 5.41 Å². The predicted octanol–water partition coefficient (Wildman–Crippen LogP) is 6.66. The first-order valence-corrected chi connectivity index (χ1v) is 15.1.